The van der Waals surface area contributed by atoms with E-state index in [4.69, 9.17) is 4.42 Å². The molecular formula is C37H40NO+. The molecule has 39 heavy (non-hydrogen) atoms. The van der Waals surface area contributed by atoms with E-state index in [0.29, 0.717) is 5.41 Å². The summed E-state index contributed by atoms with van der Waals surface area (Å²) < 4.78 is 9.05. The summed E-state index contributed by atoms with van der Waals surface area (Å²) in [6, 6.07) is 24.8. The highest BCUT2D eigenvalue weighted by atomic mass is 16.3. The van der Waals surface area contributed by atoms with Crippen LogP contribution in [0, 0.1) is 12.3 Å². The van der Waals surface area contributed by atoms with Crippen LogP contribution in [0.1, 0.15) is 76.5 Å². The first-order chi connectivity index (χ1) is 18.7. The standard InChI is InChI=1S/C37H40NO/c1-24-16-18-28-27-14-12-13-26(33(27)39-34(28)32(24)31-15-8-11-22-38(31)6)25-17-19-29-30(23-25)36(4,5)37(35(29,2)3)20-9-7-10-21-37/h8,11-19,22-23H,7,9-10,20-21H2,1-6H3/q+1. The average Bonchev–Trinajstić information content (AvgIpc) is 3.36. The van der Waals surface area contributed by atoms with E-state index in [1.54, 1.807) is 5.56 Å². The van der Waals surface area contributed by atoms with E-state index < -0.39 is 0 Å². The minimum absolute atomic E-state index is 0.135. The predicted molar refractivity (Wildman–Crippen MR) is 162 cm³/mol. The second-order valence-electron chi connectivity index (χ2n) is 13.3. The lowest BCUT2D eigenvalue weighted by molar-refractivity contribution is -0.660. The van der Waals surface area contributed by atoms with Gasteiger partial charge in [-0.2, -0.15) is 0 Å². The summed E-state index contributed by atoms with van der Waals surface area (Å²) in [4.78, 5) is 0. The zero-order valence-corrected chi connectivity index (χ0v) is 24.3. The molecule has 2 heterocycles. The van der Waals surface area contributed by atoms with Crippen LogP contribution in [0.15, 0.2) is 77.3 Å². The number of fused-ring (bicyclic) bond motifs is 4. The summed E-state index contributed by atoms with van der Waals surface area (Å²) in [6.45, 7) is 12.2. The fraction of sp³-hybridized carbons (Fsp3) is 0.378. The quantitative estimate of drug-likeness (QED) is 0.214. The first-order valence-electron chi connectivity index (χ1n) is 14.7. The highest BCUT2D eigenvalue weighted by molar-refractivity contribution is 6.13. The van der Waals surface area contributed by atoms with Gasteiger partial charge in [0.1, 0.15) is 18.2 Å². The molecule has 0 aliphatic heterocycles. The SMILES string of the molecule is Cc1ccc2c(oc3c(-c4ccc5c(c4)C(C)(C)C4(CCCCC4)C5(C)C)cccc32)c1-c1cccc[n+]1C. The first-order valence-corrected chi connectivity index (χ1v) is 14.7. The summed E-state index contributed by atoms with van der Waals surface area (Å²) in [5.74, 6) is 0. The van der Waals surface area contributed by atoms with Crippen LogP contribution in [-0.4, -0.2) is 0 Å². The summed E-state index contributed by atoms with van der Waals surface area (Å²) in [5.41, 5.74) is 11.7. The number of furan rings is 1. The molecule has 0 amide bonds. The maximum absolute atomic E-state index is 6.87. The molecule has 7 rings (SSSR count). The highest BCUT2D eigenvalue weighted by Gasteiger charge is 2.61. The molecule has 0 saturated heterocycles. The van der Waals surface area contributed by atoms with Gasteiger partial charge in [-0.15, -0.1) is 0 Å². The van der Waals surface area contributed by atoms with Gasteiger partial charge in [-0.3, -0.25) is 0 Å². The number of nitrogens with zero attached hydrogens (tertiary/aromatic N) is 1. The maximum atomic E-state index is 6.87. The zero-order valence-electron chi connectivity index (χ0n) is 24.3. The van der Waals surface area contributed by atoms with Crippen molar-refractivity contribution in [2.75, 3.05) is 0 Å². The Balaban J connectivity index is 1.45. The number of benzene rings is 3. The molecule has 2 aliphatic rings. The Morgan fingerprint density at radius 2 is 1.46 bits per heavy atom. The third-order valence-electron chi connectivity index (χ3n) is 11.0. The van der Waals surface area contributed by atoms with Crippen LogP contribution >= 0.6 is 0 Å². The van der Waals surface area contributed by atoms with Gasteiger partial charge in [-0.05, 0) is 64.3 Å². The summed E-state index contributed by atoms with van der Waals surface area (Å²) in [7, 11) is 2.11. The molecule has 0 radical (unpaired) electrons. The van der Waals surface area contributed by atoms with Crippen LogP contribution in [0.3, 0.4) is 0 Å². The van der Waals surface area contributed by atoms with Crippen LogP contribution in [0.2, 0.25) is 0 Å². The molecule has 198 valence electrons. The van der Waals surface area contributed by atoms with Gasteiger partial charge in [-0.1, -0.05) is 95.5 Å². The van der Waals surface area contributed by atoms with E-state index in [2.05, 4.69) is 119 Å². The van der Waals surface area contributed by atoms with Crippen LogP contribution in [0.25, 0.3) is 44.3 Å². The molecule has 2 aliphatic carbocycles. The normalized spacial score (nSPS) is 19.1. The third kappa shape index (κ3) is 3.18. The van der Waals surface area contributed by atoms with Gasteiger partial charge < -0.3 is 4.42 Å². The van der Waals surface area contributed by atoms with Crippen molar-refractivity contribution < 1.29 is 8.98 Å². The fourth-order valence-corrected chi connectivity index (χ4v) is 8.77. The maximum Gasteiger partial charge on any atom is 0.216 e. The van der Waals surface area contributed by atoms with Gasteiger partial charge in [0.05, 0.1) is 5.56 Å². The number of rotatable bonds is 2. The van der Waals surface area contributed by atoms with Crippen LogP contribution in [0.5, 0.6) is 0 Å². The molecule has 0 bridgehead atoms. The number of hydrogen-bond donors (Lipinski definition) is 0. The monoisotopic (exact) mass is 514 g/mol. The smallest absolute Gasteiger partial charge is 0.216 e. The van der Waals surface area contributed by atoms with E-state index in [1.165, 1.54) is 76.4 Å². The van der Waals surface area contributed by atoms with Crippen molar-refractivity contribution in [2.45, 2.75) is 77.6 Å². The van der Waals surface area contributed by atoms with E-state index in [-0.39, 0.29) is 10.8 Å². The van der Waals surface area contributed by atoms with Crippen molar-refractivity contribution in [3.05, 3.63) is 89.6 Å². The Hall–Kier alpha value is -3.39. The number of pyridine rings is 1. The largest absolute Gasteiger partial charge is 0.454 e. The predicted octanol–water partition coefficient (Wildman–Crippen LogP) is 9.57. The molecule has 2 nitrogen and oxygen atoms in total. The van der Waals surface area contributed by atoms with E-state index >= 15 is 0 Å². The number of para-hydroxylation sites is 1. The minimum atomic E-state index is 0.135. The van der Waals surface area contributed by atoms with Gasteiger partial charge >= 0.3 is 0 Å². The molecule has 5 aromatic rings. The Bertz CT molecular complexity index is 1760. The molecule has 1 spiro atoms. The lowest BCUT2D eigenvalue weighted by atomic mass is 9.51. The average molecular weight is 515 g/mol. The fourth-order valence-electron chi connectivity index (χ4n) is 8.77. The molecule has 0 atom stereocenters. The lowest BCUT2D eigenvalue weighted by Crippen LogP contribution is -2.48. The van der Waals surface area contributed by atoms with Gasteiger partial charge in [0.15, 0.2) is 6.20 Å². The molecule has 1 saturated carbocycles. The van der Waals surface area contributed by atoms with Crippen molar-refractivity contribution >= 4 is 21.9 Å². The van der Waals surface area contributed by atoms with Crippen LogP contribution < -0.4 is 4.57 Å². The molecule has 3 aromatic carbocycles. The van der Waals surface area contributed by atoms with E-state index in [1.807, 2.05) is 0 Å². The lowest BCUT2D eigenvalue weighted by Gasteiger charge is -2.52. The summed E-state index contributed by atoms with van der Waals surface area (Å²) in [6.07, 6.45) is 8.85. The van der Waals surface area contributed by atoms with Crippen molar-refractivity contribution in [2.24, 2.45) is 12.5 Å². The second kappa shape index (κ2) is 8.31. The first kappa shape index (κ1) is 24.6. The van der Waals surface area contributed by atoms with Gasteiger partial charge in [0.2, 0.25) is 5.69 Å². The topological polar surface area (TPSA) is 17.0 Å². The molecule has 1 fully saturated rings. The summed E-state index contributed by atoms with van der Waals surface area (Å²) >= 11 is 0. The molecule has 2 aromatic heterocycles. The Morgan fingerprint density at radius 3 is 2.23 bits per heavy atom. The van der Waals surface area contributed by atoms with Crippen molar-refractivity contribution in [3.8, 4) is 22.4 Å². The van der Waals surface area contributed by atoms with Crippen LogP contribution in [-0.2, 0) is 17.9 Å². The van der Waals surface area contributed by atoms with Crippen molar-refractivity contribution in [3.63, 3.8) is 0 Å². The second-order valence-corrected chi connectivity index (χ2v) is 13.3. The van der Waals surface area contributed by atoms with Gasteiger partial charge in [-0.25, -0.2) is 4.57 Å². The number of aryl methyl sites for hydroxylation is 2. The van der Waals surface area contributed by atoms with Crippen LogP contribution in [0.4, 0.5) is 0 Å². The molecule has 0 N–H and O–H groups in total. The Morgan fingerprint density at radius 1 is 0.718 bits per heavy atom. The van der Waals surface area contributed by atoms with Gasteiger partial charge in [0, 0.05) is 28.5 Å². The van der Waals surface area contributed by atoms with Crippen molar-refractivity contribution in [1.82, 2.24) is 0 Å². The van der Waals surface area contributed by atoms with E-state index in [9.17, 15) is 0 Å². The Kier molecular flexibility index (Phi) is 5.25. The summed E-state index contributed by atoms with van der Waals surface area (Å²) in [5, 5.41) is 2.37. The van der Waals surface area contributed by atoms with E-state index in [0.717, 1.165) is 11.2 Å². The Labute approximate surface area is 232 Å². The number of aromatic nitrogens is 1. The third-order valence-corrected chi connectivity index (χ3v) is 11.0. The molecule has 2 heteroatoms. The number of hydrogen-bond acceptors (Lipinski definition) is 1. The molecule has 0 unspecified atom stereocenters. The van der Waals surface area contributed by atoms with Crippen molar-refractivity contribution in [1.29, 1.82) is 0 Å². The molecular weight excluding hydrogens is 474 g/mol. The zero-order chi connectivity index (χ0) is 27.2. The van der Waals surface area contributed by atoms with Gasteiger partial charge in [0.25, 0.3) is 0 Å². The highest BCUT2D eigenvalue weighted by Crippen LogP contribution is 2.67. The minimum Gasteiger partial charge on any atom is -0.454 e.